The number of nitrogens with one attached hydrogen (secondary N) is 1. The van der Waals surface area contributed by atoms with E-state index in [1.807, 2.05) is 0 Å². The van der Waals surface area contributed by atoms with Gasteiger partial charge < -0.3 is 15.3 Å². The van der Waals surface area contributed by atoms with Crippen molar-refractivity contribution in [3.05, 3.63) is 0 Å². The Bertz CT molecular complexity index is 527. The molecule has 2 amide bonds. The molecule has 0 aromatic heterocycles. The standard InChI is InChI=1S/C13H22N2O5S/c1-13(4-2-5-13)9-14-12(18)15(7-11(16)17)10-3-6-21(19,20)8-10/h10H,2-9H2,1H3,(H,14,18)(H,16,17). The van der Waals surface area contributed by atoms with Gasteiger partial charge in [0.15, 0.2) is 9.84 Å². The zero-order valence-corrected chi connectivity index (χ0v) is 13.0. The Balaban J connectivity index is 1.98. The Morgan fingerprint density at radius 1 is 1.38 bits per heavy atom. The minimum Gasteiger partial charge on any atom is -0.480 e. The first-order valence-corrected chi connectivity index (χ1v) is 9.00. The third kappa shape index (κ3) is 4.09. The number of hydrogen-bond acceptors (Lipinski definition) is 4. The molecule has 0 radical (unpaired) electrons. The highest BCUT2D eigenvalue weighted by molar-refractivity contribution is 7.91. The van der Waals surface area contributed by atoms with Crippen LogP contribution >= 0.6 is 0 Å². The van der Waals surface area contributed by atoms with E-state index in [1.54, 1.807) is 0 Å². The minimum atomic E-state index is -3.16. The molecule has 0 aromatic rings. The van der Waals surface area contributed by atoms with Crippen LogP contribution in [0.25, 0.3) is 0 Å². The van der Waals surface area contributed by atoms with Crippen molar-refractivity contribution >= 4 is 21.8 Å². The molecule has 1 aliphatic heterocycles. The summed E-state index contributed by atoms with van der Waals surface area (Å²) >= 11 is 0. The summed E-state index contributed by atoms with van der Waals surface area (Å²) in [5.41, 5.74) is 0.0896. The lowest BCUT2D eigenvalue weighted by molar-refractivity contribution is -0.138. The van der Waals surface area contributed by atoms with Gasteiger partial charge in [0.25, 0.3) is 0 Å². The number of nitrogens with zero attached hydrogens (tertiary/aromatic N) is 1. The van der Waals surface area contributed by atoms with Crippen molar-refractivity contribution in [2.45, 2.75) is 38.6 Å². The van der Waals surface area contributed by atoms with E-state index in [1.165, 1.54) is 0 Å². The zero-order chi connectivity index (χ0) is 15.7. The fraction of sp³-hybridized carbons (Fsp3) is 0.846. The molecule has 120 valence electrons. The summed E-state index contributed by atoms with van der Waals surface area (Å²) in [7, 11) is -3.16. The number of aliphatic carboxylic acids is 1. The highest BCUT2D eigenvalue weighted by Crippen LogP contribution is 2.39. The molecule has 1 saturated carbocycles. The quantitative estimate of drug-likeness (QED) is 0.766. The van der Waals surface area contributed by atoms with Gasteiger partial charge in [-0.1, -0.05) is 13.3 Å². The van der Waals surface area contributed by atoms with Gasteiger partial charge in [-0.15, -0.1) is 0 Å². The number of rotatable bonds is 5. The normalized spacial score (nSPS) is 25.9. The number of carboxylic acids is 1. The van der Waals surface area contributed by atoms with Crippen LogP contribution in [-0.2, 0) is 14.6 Å². The Labute approximate surface area is 124 Å². The monoisotopic (exact) mass is 318 g/mol. The van der Waals surface area contributed by atoms with Crippen LogP contribution in [0.5, 0.6) is 0 Å². The van der Waals surface area contributed by atoms with Crippen LogP contribution in [0.15, 0.2) is 0 Å². The molecule has 2 rings (SSSR count). The number of carbonyl (C=O) groups is 2. The number of carboxylic acid groups (broad SMARTS) is 1. The Morgan fingerprint density at radius 3 is 2.48 bits per heavy atom. The molecule has 2 N–H and O–H groups in total. The van der Waals surface area contributed by atoms with Gasteiger partial charge in [0.1, 0.15) is 6.54 Å². The van der Waals surface area contributed by atoms with Crippen molar-refractivity contribution in [3.8, 4) is 0 Å². The Hall–Kier alpha value is -1.31. The van der Waals surface area contributed by atoms with E-state index in [4.69, 9.17) is 5.11 Å². The van der Waals surface area contributed by atoms with Gasteiger partial charge >= 0.3 is 12.0 Å². The van der Waals surface area contributed by atoms with Gasteiger partial charge in [-0.2, -0.15) is 0 Å². The summed E-state index contributed by atoms with van der Waals surface area (Å²) in [4.78, 5) is 24.3. The minimum absolute atomic E-state index is 0.0127. The predicted molar refractivity (Wildman–Crippen MR) is 76.8 cm³/mol. The SMILES string of the molecule is CC1(CNC(=O)N(CC(=O)O)C2CCS(=O)(=O)C2)CCC1. The summed E-state index contributed by atoms with van der Waals surface area (Å²) < 4.78 is 23.0. The van der Waals surface area contributed by atoms with Crippen LogP contribution in [0.1, 0.15) is 32.6 Å². The van der Waals surface area contributed by atoms with Gasteiger partial charge in [-0.3, -0.25) is 4.79 Å². The lowest BCUT2D eigenvalue weighted by Gasteiger charge is -2.39. The van der Waals surface area contributed by atoms with Crippen molar-refractivity contribution in [1.82, 2.24) is 10.2 Å². The second-order valence-corrected chi connectivity index (χ2v) is 8.63. The average molecular weight is 318 g/mol. The molecule has 1 aliphatic carbocycles. The molecular weight excluding hydrogens is 296 g/mol. The Morgan fingerprint density at radius 2 is 2.05 bits per heavy atom. The highest BCUT2D eigenvalue weighted by atomic mass is 32.2. The fourth-order valence-corrected chi connectivity index (χ4v) is 4.61. The van der Waals surface area contributed by atoms with E-state index in [0.717, 1.165) is 24.2 Å². The lowest BCUT2D eigenvalue weighted by Crippen LogP contribution is -2.51. The van der Waals surface area contributed by atoms with Crippen molar-refractivity contribution < 1.29 is 23.1 Å². The topological polar surface area (TPSA) is 104 Å². The number of urea groups is 1. The first-order valence-electron chi connectivity index (χ1n) is 7.17. The van der Waals surface area contributed by atoms with Crippen LogP contribution in [0, 0.1) is 5.41 Å². The molecule has 1 saturated heterocycles. The van der Waals surface area contributed by atoms with Crippen molar-refractivity contribution in [3.63, 3.8) is 0 Å². The van der Waals surface area contributed by atoms with Crippen LogP contribution in [0.3, 0.4) is 0 Å². The van der Waals surface area contributed by atoms with E-state index in [-0.39, 0.29) is 16.9 Å². The first kappa shape index (κ1) is 16.1. The molecule has 1 unspecified atom stereocenters. The number of sulfone groups is 1. The van der Waals surface area contributed by atoms with Crippen molar-refractivity contribution in [2.24, 2.45) is 5.41 Å². The predicted octanol–water partition coefficient (Wildman–Crippen LogP) is 0.460. The van der Waals surface area contributed by atoms with Crippen LogP contribution in [0.4, 0.5) is 4.79 Å². The summed E-state index contributed by atoms with van der Waals surface area (Å²) in [6, 6.07) is -1.02. The third-order valence-corrected chi connectivity index (χ3v) is 6.19. The molecule has 0 aromatic carbocycles. The second kappa shape index (κ2) is 5.82. The molecular formula is C13H22N2O5S. The molecule has 1 heterocycles. The molecule has 0 bridgehead atoms. The van der Waals surface area contributed by atoms with Gasteiger partial charge in [0.2, 0.25) is 0 Å². The highest BCUT2D eigenvalue weighted by Gasteiger charge is 2.37. The van der Waals surface area contributed by atoms with Crippen LogP contribution < -0.4 is 5.32 Å². The molecule has 7 nitrogen and oxygen atoms in total. The first-order chi connectivity index (χ1) is 9.71. The van der Waals surface area contributed by atoms with Gasteiger partial charge in [0, 0.05) is 12.6 Å². The average Bonchev–Trinajstić information content (AvgIpc) is 2.70. The van der Waals surface area contributed by atoms with E-state index >= 15 is 0 Å². The number of amides is 2. The van der Waals surface area contributed by atoms with Crippen molar-refractivity contribution in [1.29, 1.82) is 0 Å². The van der Waals surface area contributed by atoms with Gasteiger partial charge in [-0.05, 0) is 24.7 Å². The maximum Gasteiger partial charge on any atom is 0.323 e. The van der Waals surface area contributed by atoms with E-state index in [9.17, 15) is 18.0 Å². The van der Waals surface area contributed by atoms with E-state index in [2.05, 4.69) is 12.2 Å². The Kier molecular flexibility index (Phi) is 4.46. The summed E-state index contributed by atoms with van der Waals surface area (Å²) in [5, 5.41) is 11.7. The molecule has 2 fully saturated rings. The fourth-order valence-electron chi connectivity index (χ4n) is 2.88. The molecule has 2 aliphatic rings. The van der Waals surface area contributed by atoms with Crippen LogP contribution in [-0.4, -0.2) is 61.1 Å². The van der Waals surface area contributed by atoms with Gasteiger partial charge in [-0.25, -0.2) is 13.2 Å². The maximum atomic E-state index is 12.2. The molecule has 0 spiro atoms. The second-order valence-electron chi connectivity index (χ2n) is 6.40. The molecule has 21 heavy (non-hydrogen) atoms. The van der Waals surface area contributed by atoms with Crippen LogP contribution in [0.2, 0.25) is 0 Å². The summed E-state index contributed by atoms with van der Waals surface area (Å²) in [5.74, 6) is -1.27. The smallest absolute Gasteiger partial charge is 0.323 e. The van der Waals surface area contributed by atoms with Gasteiger partial charge in [0.05, 0.1) is 11.5 Å². The third-order valence-electron chi connectivity index (χ3n) is 4.44. The number of carbonyl (C=O) groups excluding carboxylic acids is 1. The number of hydrogen-bond donors (Lipinski definition) is 2. The summed E-state index contributed by atoms with van der Waals surface area (Å²) in [6.07, 6.45) is 3.54. The zero-order valence-electron chi connectivity index (χ0n) is 12.2. The lowest BCUT2D eigenvalue weighted by atomic mass is 9.70. The summed E-state index contributed by atoms with van der Waals surface area (Å²) in [6.45, 7) is 2.11. The molecule has 8 heteroatoms. The maximum absolute atomic E-state index is 12.2. The molecule has 1 atom stereocenters. The van der Waals surface area contributed by atoms with E-state index in [0.29, 0.717) is 13.0 Å². The van der Waals surface area contributed by atoms with E-state index < -0.39 is 34.4 Å². The van der Waals surface area contributed by atoms with Crippen molar-refractivity contribution in [2.75, 3.05) is 24.6 Å². The largest absolute Gasteiger partial charge is 0.480 e.